The van der Waals surface area contributed by atoms with Crippen LogP contribution in [-0.4, -0.2) is 51.5 Å². The number of aromatic nitrogens is 1. The molecular formula is C29H28F2N4O4. The smallest absolute Gasteiger partial charge is 0.275 e. The van der Waals surface area contributed by atoms with Crippen molar-refractivity contribution in [1.82, 2.24) is 19.7 Å². The number of fused-ring (bicyclic) bond motifs is 4. The number of amides is 2. The summed E-state index contributed by atoms with van der Waals surface area (Å²) in [4.78, 5) is 44.7. The number of halogens is 2. The number of pyridine rings is 1. The van der Waals surface area contributed by atoms with E-state index >= 15 is 0 Å². The van der Waals surface area contributed by atoms with Gasteiger partial charge >= 0.3 is 0 Å². The summed E-state index contributed by atoms with van der Waals surface area (Å²) in [6.45, 7) is 1.69. The van der Waals surface area contributed by atoms with Crippen molar-refractivity contribution >= 4 is 11.8 Å². The molecule has 6 rings (SSSR count). The fourth-order valence-corrected chi connectivity index (χ4v) is 5.84. The summed E-state index contributed by atoms with van der Waals surface area (Å²) in [5.41, 5.74) is 0.0953. The van der Waals surface area contributed by atoms with Crippen molar-refractivity contribution < 1.29 is 23.1 Å². The van der Waals surface area contributed by atoms with Crippen molar-refractivity contribution in [2.75, 3.05) is 13.1 Å². The molecule has 2 fully saturated rings. The van der Waals surface area contributed by atoms with Gasteiger partial charge in [0.15, 0.2) is 11.4 Å². The molecule has 0 bridgehead atoms. The van der Waals surface area contributed by atoms with Gasteiger partial charge in [-0.25, -0.2) is 8.78 Å². The van der Waals surface area contributed by atoms with Crippen molar-refractivity contribution in [3.05, 3.63) is 99.0 Å². The number of ether oxygens (including phenoxy) is 1. The van der Waals surface area contributed by atoms with Crippen LogP contribution in [0.1, 0.15) is 51.2 Å². The zero-order valence-electron chi connectivity index (χ0n) is 21.2. The number of nitrogens with one attached hydrogen (secondary N) is 1. The molecule has 1 N–H and O–H groups in total. The third-order valence-electron chi connectivity index (χ3n) is 7.81. The van der Waals surface area contributed by atoms with E-state index in [0.29, 0.717) is 13.1 Å². The Morgan fingerprint density at radius 3 is 2.67 bits per heavy atom. The molecule has 202 valence electrons. The lowest BCUT2D eigenvalue weighted by Crippen LogP contribution is -2.51. The molecule has 2 atom stereocenters. The van der Waals surface area contributed by atoms with Crippen LogP contribution in [0.2, 0.25) is 0 Å². The highest BCUT2D eigenvalue weighted by atomic mass is 19.1. The van der Waals surface area contributed by atoms with Crippen LogP contribution in [0.3, 0.4) is 0 Å². The van der Waals surface area contributed by atoms with Crippen LogP contribution in [0.15, 0.2) is 59.5 Å². The summed E-state index contributed by atoms with van der Waals surface area (Å²) < 4.78 is 35.0. The highest BCUT2D eigenvalue weighted by Crippen LogP contribution is 2.35. The summed E-state index contributed by atoms with van der Waals surface area (Å²) in [7, 11) is 0. The van der Waals surface area contributed by atoms with Gasteiger partial charge in [0.25, 0.3) is 11.8 Å². The SMILES string of the molecule is O=C(NCc1ccc(F)cc1F)c1cn2c(c(OCc3ccccc3)c1=O)C(=O)N1C[C@H]3CCCCN3C1C2. The fourth-order valence-electron chi connectivity index (χ4n) is 5.84. The Kier molecular flexibility index (Phi) is 6.64. The summed E-state index contributed by atoms with van der Waals surface area (Å²) >= 11 is 0. The van der Waals surface area contributed by atoms with Crippen LogP contribution in [-0.2, 0) is 19.7 Å². The minimum absolute atomic E-state index is 0.0421. The maximum Gasteiger partial charge on any atom is 0.275 e. The number of hydrogen-bond donors (Lipinski definition) is 1. The lowest BCUT2D eigenvalue weighted by molar-refractivity contribution is 0.0448. The lowest BCUT2D eigenvalue weighted by Gasteiger charge is -2.38. The Balaban J connectivity index is 1.35. The minimum Gasteiger partial charge on any atom is -0.483 e. The molecular weight excluding hydrogens is 506 g/mol. The second kappa shape index (κ2) is 10.3. The summed E-state index contributed by atoms with van der Waals surface area (Å²) in [5.74, 6) is -2.72. The van der Waals surface area contributed by atoms with Crippen molar-refractivity contribution in [3.8, 4) is 5.75 Å². The number of piperidine rings is 1. The Hall–Kier alpha value is -4.05. The van der Waals surface area contributed by atoms with Gasteiger partial charge in [-0.15, -0.1) is 0 Å². The van der Waals surface area contributed by atoms with Crippen LogP contribution in [0.4, 0.5) is 8.78 Å². The maximum absolute atomic E-state index is 14.1. The topological polar surface area (TPSA) is 83.9 Å². The van der Waals surface area contributed by atoms with E-state index in [9.17, 15) is 23.2 Å². The third kappa shape index (κ3) is 4.69. The molecule has 1 aromatic heterocycles. The second-order valence-electron chi connectivity index (χ2n) is 10.2. The number of carbonyl (C=O) groups is 2. The van der Waals surface area contributed by atoms with Gasteiger partial charge in [0.05, 0.1) is 6.54 Å². The average Bonchev–Trinajstić information content (AvgIpc) is 3.31. The van der Waals surface area contributed by atoms with Gasteiger partial charge in [-0.1, -0.05) is 42.8 Å². The van der Waals surface area contributed by atoms with Crippen molar-refractivity contribution in [3.63, 3.8) is 0 Å². The molecule has 0 spiro atoms. The predicted molar refractivity (Wildman–Crippen MR) is 138 cm³/mol. The first-order valence-corrected chi connectivity index (χ1v) is 13.1. The van der Waals surface area contributed by atoms with Crippen molar-refractivity contribution in [1.29, 1.82) is 0 Å². The summed E-state index contributed by atoms with van der Waals surface area (Å²) in [6.07, 6.45) is 4.43. The number of hydrogen-bond acceptors (Lipinski definition) is 5. The number of rotatable bonds is 6. The molecule has 0 saturated carbocycles. The maximum atomic E-state index is 14.1. The number of benzene rings is 2. The first-order valence-electron chi connectivity index (χ1n) is 13.1. The molecule has 4 heterocycles. The fraction of sp³-hybridized carbons (Fsp3) is 0.345. The highest BCUT2D eigenvalue weighted by Gasteiger charge is 2.47. The quantitative estimate of drug-likeness (QED) is 0.525. The number of carbonyl (C=O) groups excluding carboxylic acids is 2. The molecule has 39 heavy (non-hydrogen) atoms. The summed E-state index contributed by atoms with van der Waals surface area (Å²) in [5, 5.41) is 2.55. The molecule has 3 aliphatic rings. The summed E-state index contributed by atoms with van der Waals surface area (Å²) in [6, 6.07) is 12.6. The van der Waals surface area contributed by atoms with E-state index < -0.39 is 23.0 Å². The van der Waals surface area contributed by atoms with Crippen LogP contribution in [0.5, 0.6) is 5.75 Å². The second-order valence-corrected chi connectivity index (χ2v) is 10.2. The molecule has 1 unspecified atom stereocenters. The molecule has 10 heteroatoms. The van der Waals surface area contributed by atoms with Crippen LogP contribution < -0.4 is 15.5 Å². The first kappa shape index (κ1) is 25.2. The van der Waals surface area contributed by atoms with E-state index in [1.54, 1.807) is 4.57 Å². The Bertz CT molecular complexity index is 1490. The normalized spacial score (nSPS) is 20.3. The van der Waals surface area contributed by atoms with E-state index in [2.05, 4.69) is 10.2 Å². The van der Waals surface area contributed by atoms with Gasteiger partial charge in [0.2, 0.25) is 5.43 Å². The predicted octanol–water partition coefficient (Wildman–Crippen LogP) is 3.29. The van der Waals surface area contributed by atoms with Crippen molar-refractivity contribution in [2.45, 2.75) is 51.2 Å². The van der Waals surface area contributed by atoms with Crippen LogP contribution in [0, 0.1) is 11.6 Å². The van der Waals surface area contributed by atoms with Crippen molar-refractivity contribution in [2.24, 2.45) is 0 Å². The Labute approximate surface area is 223 Å². The van der Waals surface area contributed by atoms with Gasteiger partial charge < -0.3 is 19.5 Å². The molecule has 3 aromatic rings. The molecule has 8 nitrogen and oxygen atoms in total. The van der Waals surface area contributed by atoms with Gasteiger partial charge in [-0.3, -0.25) is 19.3 Å². The molecule has 0 radical (unpaired) electrons. The molecule has 2 aromatic carbocycles. The third-order valence-corrected chi connectivity index (χ3v) is 7.81. The molecule has 2 amide bonds. The molecule has 3 aliphatic heterocycles. The van der Waals surface area contributed by atoms with Gasteiger partial charge in [-0.2, -0.15) is 0 Å². The van der Waals surface area contributed by atoms with E-state index in [0.717, 1.165) is 43.5 Å². The molecule has 0 aliphatic carbocycles. The van der Waals surface area contributed by atoms with E-state index in [1.807, 2.05) is 35.2 Å². The Morgan fingerprint density at radius 1 is 1.05 bits per heavy atom. The van der Waals surface area contributed by atoms with Gasteiger partial charge in [0, 0.05) is 43.5 Å². The van der Waals surface area contributed by atoms with E-state index in [4.69, 9.17) is 4.74 Å². The number of nitrogens with zero attached hydrogens (tertiary/aromatic N) is 3. The van der Waals surface area contributed by atoms with E-state index in [-0.39, 0.29) is 53.8 Å². The van der Waals surface area contributed by atoms with Gasteiger partial charge in [0.1, 0.15) is 30.0 Å². The monoisotopic (exact) mass is 534 g/mol. The minimum atomic E-state index is -0.799. The van der Waals surface area contributed by atoms with Crippen LogP contribution in [0.25, 0.3) is 0 Å². The highest BCUT2D eigenvalue weighted by molar-refractivity contribution is 5.99. The van der Waals surface area contributed by atoms with Gasteiger partial charge in [-0.05, 0) is 24.5 Å². The first-order chi connectivity index (χ1) is 18.9. The lowest BCUT2D eigenvalue weighted by atomic mass is 10.0. The standard InChI is InChI=1S/C29H28F2N4O4/c30-20-10-9-19(23(31)12-20)13-32-28(37)22-15-33-16-24-34-11-5-4-8-21(34)14-35(24)29(38)25(33)27(26(22)36)39-17-18-6-2-1-3-7-18/h1-3,6-7,9-10,12,15,21,24H,4-5,8,11,13-14,16-17H2,(H,32,37)/t21-,24?/m1/s1. The average molecular weight is 535 g/mol. The van der Waals surface area contributed by atoms with E-state index in [1.165, 1.54) is 12.3 Å². The van der Waals surface area contributed by atoms with Crippen LogP contribution >= 0.6 is 0 Å². The zero-order valence-corrected chi connectivity index (χ0v) is 21.2. The molecule has 2 saturated heterocycles. The Morgan fingerprint density at radius 2 is 1.87 bits per heavy atom. The largest absolute Gasteiger partial charge is 0.483 e. The zero-order chi connectivity index (χ0) is 27.1.